The van der Waals surface area contributed by atoms with Crippen LogP contribution in [0.4, 0.5) is 4.39 Å². The molecule has 2 N–H and O–H groups in total. The van der Waals surface area contributed by atoms with Crippen molar-refractivity contribution in [2.75, 3.05) is 7.11 Å². The molecule has 2 aromatic rings. The fourth-order valence-electron chi connectivity index (χ4n) is 2.00. The minimum atomic E-state index is -0.233. The van der Waals surface area contributed by atoms with Gasteiger partial charge >= 0.3 is 0 Å². The van der Waals surface area contributed by atoms with Crippen LogP contribution >= 0.6 is 0 Å². The van der Waals surface area contributed by atoms with Gasteiger partial charge in [-0.1, -0.05) is 18.2 Å². The molecule has 0 saturated heterocycles. The van der Waals surface area contributed by atoms with E-state index in [-0.39, 0.29) is 17.6 Å². The van der Waals surface area contributed by atoms with Gasteiger partial charge in [-0.05, 0) is 42.3 Å². The zero-order chi connectivity index (χ0) is 14.5. The number of nitrogens with one attached hydrogen (secondary N) is 1. The molecule has 20 heavy (non-hydrogen) atoms. The fourth-order valence-corrected chi connectivity index (χ4v) is 2.00. The van der Waals surface area contributed by atoms with E-state index >= 15 is 0 Å². The van der Waals surface area contributed by atoms with E-state index in [9.17, 15) is 9.50 Å². The van der Waals surface area contributed by atoms with E-state index in [2.05, 4.69) is 5.32 Å². The first-order valence-electron chi connectivity index (χ1n) is 6.45. The highest BCUT2D eigenvalue weighted by atomic mass is 19.1. The summed E-state index contributed by atoms with van der Waals surface area (Å²) in [5, 5.41) is 12.9. The molecule has 0 aromatic heterocycles. The normalized spacial score (nSPS) is 12.2. The van der Waals surface area contributed by atoms with Crippen LogP contribution in [-0.2, 0) is 6.54 Å². The lowest BCUT2D eigenvalue weighted by molar-refractivity contribution is 0.372. The number of aromatic hydroxyl groups is 1. The van der Waals surface area contributed by atoms with E-state index in [1.54, 1.807) is 18.2 Å². The predicted molar refractivity (Wildman–Crippen MR) is 76.3 cm³/mol. The molecule has 0 heterocycles. The highest BCUT2D eigenvalue weighted by molar-refractivity contribution is 5.42. The minimum absolute atomic E-state index is 0.0627. The van der Waals surface area contributed by atoms with Gasteiger partial charge < -0.3 is 15.2 Å². The summed E-state index contributed by atoms with van der Waals surface area (Å²) in [7, 11) is 1.52. The van der Waals surface area contributed by atoms with E-state index in [4.69, 9.17) is 4.74 Å². The summed E-state index contributed by atoms with van der Waals surface area (Å²) in [5.41, 5.74) is 1.89. The molecule has 0 fully saturated rings. The lowest BCUT2D eigenvalue weighted by Crippen LogP contribution is -2.18. The number of phenols is 1. The predicted octanol–water partition coefficient (Wildman–Crippen LogP) is 3.39. The first-order valence-corrected chi connectivity index (χ1v) is 6.45. The van der Waals surface area contributed by atoms with Crippen LogP contribution < -0.4 is 10.1 Å². The standard InChI is InChI=1S/C16H18FNO2/c1-11(13-6-7-15(19)16(9-13)20-2)18-10-12-4-3-5-14(17)8-12/h3-9,11,18-19H,10H2,1-2H3. The maximum absolute atomic E-state index is 13.1. The van der Waals surface area contributed by atoms with Gasteiger partial charge in [0.25, 0.3) is 0 Å². The lowest BCUT2D eigenvalue weighted by Gasteiger charge is -2.15. The molecule has 0 amide bonds. The van der Waals surface area contributed by atoms with Crippen LogP contribution in [0.5, 0.6) is 11.5 Å². The molecule has 4 heteroatoms. The molecule has 3 nitrogen and oxygen atoms in total. The second kappa shape index (κ2) is 6.39. The maximum Gasteiger partial charge on any atom is 0.160 e. The first kappa shape index (κ1) is 14.3. The Labute approximate surface area is 118 Å². The molecular weight excluding hydrogens is 257 g/mol. The van der Waals surface area contributed by atoms with Crippen molar-refractivity contribution in [1.82, 2.24) is 5.32 Å². The molecule has 0 aliphatic heterocycles. The van der Waals surface area contributed by atoms with Crippen molar-refractivity contribution in [3.8, 4) is 11.5 Å². The van der Waals surface area contributed by atoms with Gasteiger partial charge in [-0.25, -0.2) is 4.39 Å². The molecule has 1 unspecified atom stereocenters. The SMILES string of the molecule is COc1cc(C(C)NCc2cccc(F)c2)ccc1O. The van der Waals surface area contributed by atoms with Gasteiger partial charge in [0, 0.05) is 12.6 Å². The van der Waals surface area contributed by atoms with Gasteiger partial charge in [-0.3, -0.25) is 0 Å². The van der Waals surface area contributed by atoms with Gasteiger partial charge in [-0.2, -0.15) is 0 Å². The number of rotatable bonds is 5. The van der Waals surface area contributed by atoms with Crippen molar-refractivity contribution in [1.29, 1.82) is 0 Å². The number of benzene rings is 2. The van der Waals surface area contributed by atoms with Gasteiger partial charge in [0.15, 0.2) is 11.5 Å². The Balaban J connectivity index is 2.03. The van der Waals surface area contributed by atoms with Crippen LogP contribution in [0.15, 0.2) is 42.5 Å². The summed E-state index contributed by atoms with van der Waals surface area (Å²) >= 11 is 0. The number of methoxy groups -OCH3 is 1. The Morgan fingerprint density at radius 3 is 2.75 bits per heavy atom. The maximum atomic E-state index is 13.1. The van der Waals surface area contributed by atoms with Crippen molar-refractivity contribution < 1.29 is 14.2 Å². The third-order valence-electron chi connectivity index (χ3n) is 3.21. The molecule has 0 saturated carbocycles. The lowest BCUT2D eigenvalue weighted by atomic mass is 10.1. The molecular formula is C16H18FNO2. The molecule has 0 radical (unpaired) electrons. The summed E-state index contributed by atoms with van der Waals surface area (Å²) in [4.78, 5) is 0. The van der Waals surface area contributed by atoms with Gasteiger partial charge in [-0.15, -0.1) is 0 Å². The van der Waals surface area contributed by atoms with E-state index in [1.165, 1.54) is 19.2 Å². The van der Waals surface area contributed by atoms with E-state index in [0.29, 0.717) is 12.3 Å². The Morgan fingerprint density at radius 1 is 1.25 bits per heavy atom. The molecule has 1 atom stereocenters. The number of phenolic OH excluding ortho intramolecular Hbond substituents is 1. The topological polar surface area (TPSA) is 41.5 Å². The van der Waals surface area contributed by atoms with E-state index in [0.717, 1.165) is 11.1 Å². The van der Waals surface area contributed by atoms with Crippen molar-refractivity contribution in [2.45, 2.75) is 19.5 Å². The molecule has 2 aromatic carbocycles. The number of hydrogen-bond donors (Lipinski definition) is 2. The number of ether oxygens (including phenoxy) is 1. The highest BCUT2D eigenvalue weighted by Gasteiger charge is 2.09. The van der Waals surface area contributed by atoms with Crippen LogP contribution in [0.2, 0.25) is 0 Å². The Bertz CT molecular complexity index is 586. The van der Waals surface area contributed by atoms with Crippen molar-refractivity contribution in [3.05, 3.63) is 59.4 Å². The summed E-state index contributed by atoms with van der Waals surface area (Å²) in [6.45, 7) is 2.58. The van der Waals surface area contributed by atoms with Gasteiger partial charge in [0.2, 0.25) is 0 Å². The van der Waals surface area contributed by atoms with Gasteiger partial charge in [0.1, 0.15) is 5.82 Å². The average molecular weight is 275 g/mol. The summed E-state index contributed by atoms with van der Waals surface area (Å²) in [6, 6.07) is 11.8. The molecule has 0 bridgehead atoms. The zero-order valence-corrected chi connectivity index (χ0v) is 11.6. The van der Waals surface area contributed by atoms with Crippen LogP contribution in [0, 0.1) is 5.82 Å². The fraction of sp³-hybridized carbons (Fsp3) is 0.250. The van der Waals surface area contributed by atoms with Crippen LogP contribution in [0.25, 0.3) is 0 Å². The second-order valence-corrected chi connectivity index (χ2v) is 4.66. The minimum Gasteiger partial charge on any atom is -0.504 e. The van der Waals surface area contributed by atoms with E-state index in [1.807, 2.05) is 19.1 Å². The first-order chi connectivity index (χ1) is 9.60. The number of halogens is 1. The monoisotopic (exact) mass is 275 g/mol. The Morgan fingerprint density at radius 2 is 2.05 bits per heavy atom. The van der Waals surface area contributed by atoms with Crippen molar-refractivity contribution >= 4 is 0 Å². The smallest absolute Gasteiger partial charge is 0.160 e. The largest absolute Gasteiger partial charge is 0.504 e. The molecule has 0 aliphatic carbocycles. The Kier molecular flexibility index (Phi) is 4.58. The molecule has 0 aliphatic rings. The van der Waals surface area contributed by atoms with Crippen LogP contribution in [0.3, 0.4) is 0 Å². The van der Waals surface area contributed by atoms with Crippen LogP contribution in [0.1, 0.15) is 24.1 Å². The quantitative estimate of drug-likeness (QED) is 0.879. The summed E-state index contributed by atoms with van der Waals surface area (Å²) in [6.07, 6.45) is 0. The summed E-state index contributed by atoms with van der Waals surface area (Å²) in [5.74, 6) is 0.332. The van der Waals surface area contributed by atoms with E-state index < -0.39 is 0 Å². The second-order valence-electron chi connectivity index (χ2n) is 4.66. The van der Waals surface area contributed by atoms with Crippen molar-refractivity contribution in [2.24, 2.45) is 0 Å². The Hall–Kier alpha value is -2.07. The third kappa shape index (κ3) is 3.48. The average Bonchev–Trinajstić information content (AvgIpc) is 2.45. The van der Waals surface area contributed by atoms with Crippen molar-refractivity contribution in [3.63, 3.8) is 0 Å². The molecule has 106 valence electrons. The number of hydrogen-bond acceptors (Lipinski definition) is 3. The van der Waals surface area contributed by atoms with Crippen LogP contribution in [-0.4, -0.2) is 12.2 Å². The zero-order valence-electron chi connectivity index (χ0n) is 11.6. The van der Waals surface area contributed by atoms with Gasteiger partial charge in [0.05, 0.1) is 7.11 Å². The highest BCUT2D eigenvalue weighted by Crippen LogP contribution is 2.28. The summed E-state index contributed by atoms with van der Waals surface area (Å²) < 4.78 is 18.2. The molecule has 0 spiro atoms. The third-order valence-corrected chi connectivity index (χ3v) is 3.21. The molecule has 2 rings (SSSR count).